The number of hydrogen-bond acceptors (Lipinski definition) is 5. The number of nitrogens with zero attached hydrogens (tertiary/aromatic N) is 3. The van der Waals surface area contributed by atoms with E-state index in [9.17, 15) is 4.79 Å². The summed E-state index contributed by atoms with van der Waals surface area (Å²) in [5.41, 5.74) is 7.36. The van der Waals surface area contributed by atoms with Crippen molar-refractivity contribution in [3.05, 3.63) is 72.8 Å². The maximum atomic E-state index is 12.0. The van der Waals surface area contributed by atoms with Gasteiger partial charge in [-0.1, -0.05) is 48.2 Å². The Hall–Kier alpha value is -3.06. The fourth-order valence-corrected chi connectivity index (χ4v) is 3.64. The number of aromatic nitrogens is 3. The van der Waals surface area contributed by atoms with Gasteiger partial charge in [-0.3, -0.25) is 9.36 Å². The number of nitrogens with two attached hydrogens (primary N) is 1. The molecule has 7 heteroatoms. The smallest absolute Gasteiger partial charge is 0.235 e. The van der Waals surface area contributed by atoms with E-state index in [0.717, 1.165) is 16.9 Å². The Labute approximate surface area is 162 Å². The summed E-state index contributed by atoms with van der Waals surface area (Å²) < 4.78 is 7.12. The molecule has 1 heterocycles. The maximum absolute atomic E-state index is 12.0. The third-order valence-electron chi connectivity index (χ3n) is 3.96. The van der Waals surface area contributed by atoms with E-state index in [1.54, 1.807) is 13.2 Å². The van der Waals surface area contributed by atoms with E-state index >= 15 is 0 Å². The summed E-state index contributed by atoms with van der Waals surface area (Å²) in [6.45, 7) is 4.32. The topological polar surface area (TPSA) is 83.0 Å². The van der Waals surface area contributed by atoms with Crippen LogP contribution in [0.3, 0.4) is 0 Å². The zero-order chi connectivity index (χ0) is 19.2. The van der Waals surface area contributed by atoms with Gasteiger partial charge in [-0.25, -0.2) is 0 Å². The predicted molar refractivity (Wildman–Crippen MR) is 106 cm³/mol. The molecule has 0 aliphatic carbocycles. The molecule has 1 amide bonds. The fraction of sp³-hybridized carbons (Fsp3) is 0.150. The number of ether oxygens (including phenoxy) is 1. The molecule has 3 rings (SSSR count). The minimum atomic E-state index is -0.553. The van der Waals surface area contributed by atoms with E-state index in [1.165, 1.54) is 11.8 Å². The number of carbonyl (C=O) groups is 1. The molecule has 0 radical (unpaired) electrons. The molecule has 0 fully saturated rings. The number of primary amides is 1. The van der Waals surface area contributed by atoms with E-state index in [2.05, 4.69) is 16.8 Å². The first-order valence-corrected chi connectivity index (χ1v) is 9.21. The first kappa shape index (κ1) is 18.7. The molecule has 6 nitrogen and oxygen atoms in total. The number of amides is 1. The van der Waals surface area contributed by atoms with Crippen LogP contribution in [-0.2, 0) is 11.3 Å². The number of hydrogen-bond donors (Lipinski definition) is 1. The first-order valence-electron chi connectivity index (χ1n) is 8.33. The van der Waals surface area contributed by atoms with Crippen molar-refractivity contribution in [2.45, 2.75) is 17.0 Å². The van der Waals surface area contributed by atoms with Gasteiger partial charge >= 0.3 is 0 Å². The van der Waals surface area contributed by atoms with Crippen molar-refractivity contribution in [2.75, 3.05) is 7.11 Å². The zero-order valence-electron chi connectivity index (χ0n) is 14.9. The van der Waals surface area contributed by atoms with Crippen LogP contribution in [0.15, 0.2) is 72.4 Å². The summed E-state index contributed by atoms with van der Waals surface area (Å²) in [5.74, 6) is 1.03. The fourth-order valence-electron chi connectivity index (χ4n) is 2.65. The lowest BCUT2D eigenvalue weighted by Crippen LogP contribution is -2.19. The Balaban J connectivity index is 1.96. The van der Waals surface area contributed by atoms with Gasteiger partial charge in [0.25, 0.3) is 0 Å². The number of carbonyl (C=O) groups excluding carboxylic acids is 1. The second kappa shape index (κ2) is 8.55. The molecule has 0 aliphatic heterocycles. The van der Waals surface area contributed by atoms with Gasteiger partial charge in [0.05, 0.1) is 7.11 Å². The van der Waals surface area contributed by atoms with Crippen molar-refractivity contribution in [2.24, 2.45) is 5.73 Å². The highest BCUT2D eigenvalue weighted by Crippen LogP contribution is 2.35. The number of benzene rings is 2. The third kappa shape index (κ3) is 4.20. The van der Waals surface area contributed by atoms with Gasteiger partial charge in [0.1, 0.15) is 11.0 Å². The molecule has 27 heavy (non-hydrogen) atoms. The molecule has 3 aromatic rings. The SMILES string of the molecule is C=CCn1c(SC(C(N)=O)c2ccccc2)nnc1-c1ccc(OC)cc1. The van der Waals surface area contributed by atoms with Gasteiger partial charge in [0, 0.05) is 12.1 Å². The summed E-state index contributed by atoms with van der Waals surface area (Å²) >= 11 is 1.28. The lowest BCUT2D eigenvalue weighted by Gasteiger charge is -2.14. The molecule has 0 saturated carbocycles. The van der Waals surface area contributed by atoms with Crippen LogP contribution < -0.4 is 10.5 Å². The molecular weight excluding hydrogens is 360 g/mol. The normalized spacial score (nSPS) is 11.7. The average molecular weight is 380 g/mol. The Morgan fingerprint density at radius 2 is 1.93 bits per heavy atom. The Kier molecular flexibility index (Phi) is 5.93. The molecule has 1 aromatic heterocycles. The van der Waals surface area contributed by atoms with Crippen molar-refractivity contribution in [1.29, 1.82) is 0 Å². The number of allylic oxidation sites excluding steroid dienone is 1. The molecule has 0 aliphatic rings. The number of methoxy groups -OCH3 is 1. The highest BCUT2D eigenvalue weighted by Gasteiger charge is 2.23. The van der Waals surface area contributed by atoms with Crippen LogP contribution in [0, 0.1) is 0 Å². The van der Waals surface area contributed by atoms with Gasteiger partial charge in [-0.15, -0.1) is 16.8 Å². The quantitative estimate of drug-likeness (QED) is 0.478. The van der Waals surface area contributed by atoms with Gasteiger partial charge in [-0.05, 0) is 29.8 Å². The van der Waals surface area contributed by atoms with Crippen LogP contribution >= 0.6 is 11.8 Å². The van der Waals surface area contributed by atoms with Crippen LogP contribution in [0.1, 0.15) is 10.8 Å². The van der Waals surface area contributed by atoms with Crippen LogP contribution in [0.4, 0.5) is 0 Å². The monoisotopic (exact) mass is 380 g/mol. The molecule has 0 saturated heterocycles. The van der Waals surface area contributed by atoms with Crippen LogP contribution in [0.2, 0.25) is 0 Å². The van der Waals surface area contributed by atoms with Crippen LogP contribution in [0.5, 0.6) is 5.75 Å². The average Bonchev–Trinajstić information content (AvgIpc) is 3.09. The van der Waals surface area contributed by atoms with Crippen molar-refractivity contribution in [3.63, 3.8) is 0 Å². The third-order valence-corrected chi connectivity index (χ3v) is 5.21. The summed E-state index contributed by atoms with van der Waals surface area (Å²) in [6.07, 6.45) is 1.77. The Morgan fingerprint density at radius 3 is 2.52 bits per heavy atom. The number of thioether (sulfide) groups is 1. The highest BCUT2D eigenvalue weighted by molar-refractivity contribution is 8.00. The summed E-state index contributed by atoms with van der Waals surface area (Å²) in [7, 11) is 1.62. The summed E-state index contributed by atoms with van der Waals surface area (Å²) in [5, 5.41) is 8.66. The van der Waals surface area contributed by atoms with Gasteiger partial charge in [0.2, 0.25) is 5.91 Å². The molecule has 1 atom stereocenters. The van der Waals surface area contributed by atoms with Crippen molar-refractivity contribution in [1.82, 2.24) is 14.8 Å². The van der Waals surface area contributed by atoms with Crippen molar-refractivity contribution in [3.8, 4) is 17.1 Å². The molecule has 138 valence electrons. The summed E-state index contributed by atoms with van der Waals surface area (Å²) in [6, 6.07) is 17.0. The molecule has 2 aromatic carbocycles. The highest BCUT2D eigenvalue weighted by atomic mass is 32.2. The largest absolute Gasteiger partial charge is 0.497 e. The second-order valence-corrected chi connectivity index (χ2v) is 6.82. The van der Waals surface area contributed by atoms with Gasteiger partial charge in [0.15, 0.2) is 11.0 Å². The Morgan fingerprint density at radius 1 is 1.22 bits per heavy atom. The van der Waals surface area contributed by atoms with Crippen molar-refractivity contribution >= 4 is 17.7 Å². The molecule has 2 N–H and O–H groups in total. The van der Waals surface area contributed by atoms with E-state index < -0.39 is 11.2 Å². The first-order chi connectivity index (χ1) is 13.1. The van der Waals surface area contributed by atoms with Gasteiger partial charge < -0.3 is 10.5 Å². The van der Waals surface area contributed by atoms with E-state index in [0.29, 0.717) is 17.5 Å². The second-order valence-electron chi connectivity index (χ2n) is 5.74. The van der Waals surface area contributed by atoms with Crippen LogP contribution in [-0.4, -0.2) is 27.8 Å². The van der Waals surface area contributed by atoms with Crippen molar-refractivity contribution < 1.29 is 9.53 Å². The van der Waals surface area contributed by atoms with E-state index in [-0.39, 0.29) is 0 Å². The maximum Gasteiger partial charge on any atom is 0.235 e. The molecule has 0 spiro atoms. The lowest BCUT2D eigenvalue weighted by molar-refractivity contribution is -0.117. The van der Waals surface area contributed by atoms with E-state index in [1.807, 2.05) is 59.2 Å². The molecule has 0 bridgehead atoms. The lowest BCUT2D eigenvalue weighted by atomic mass is 10.1. The summed E-state index contributed by atoms with van der Waals surface area (Å²) in [4.78, 5) is 12.0. The number of rotatable bonds is 8. The Bertz CT molecular complexity index is 923. The predicted octanol–water partition coefficient (Wildman–Crippen LogP) is 3.46. The standard InChI is InChI=1S/C20H20N4O2S/c1-3-13-24-19(15-9-11-16(26-2)12-10-15)22-23-20(24)27-17(18(21)25)14-7-5-4-6-8-14/h3-12,17H,1,13H2,2H3,(H2,21,25). The molecular formula is C20H20N4O2S. The minimum absolute atomic E-state index is 0.426. The van der Waals surface area contributed by atoms with Crippen LogP contribution in [0.25, 0.3) is 11.4 Å². The van der Waals surface area contributed by atoms with E-state index in [4.69, 9.17) is 10.5 Å². The minimum Gasteiger partial charge on any atom is -0.497 e. The molecule has 1 unspecified atom stereocenters. The van der Waals surface area contributed by atoms with Gasteiger partial charge in [-0.2, -0.15) is 0 Å². The zero-order valence-corrected chi connectivity index (χ0v) is 15.7.